The van der Waals surface area contributed by atoms with Crippen LogP contribution in [0.5, 0.6) is 5.75 Å². The lowest BCUT2D eigenvalue weighted by Gasteiger charge is -2.11. The highest BCUT2D eigenvalue weighted by Gasteiger charge is 2.20. The molecule has 0 saturated carbocycles. The maximum atomic E-state index is 13.6. The molecule has 3 heterocycles. The van der Waals surface area contributed by atoms with Crippen molar-refractivity contribution in [3.05, 3.63) is 97.5 Å². The van der Waals surface area contributed by atoms with Crippen molar-refractivity contribution in [3.8, 4) is 28.2 Å². The Hall–Kier alpha value is -4.01. The minimum atomic E-state index is -0.482. The Balaban J connectivity index is 1.60. The first-order chi connectivity index (χ1) is 17.0. The molecule has 5 rings (SSSR count). The quantitative estimate of drug-likeness (QED) is 0.191. The van der Waals surface area contributed by atoms with E-state index in [0.717, 1.165) is 5.56 Å². The summed E-state index contributed by atoms with van der Waals surface area (Å²) in [6, 6.07) is 14.9. The lowest BCUT2D eigenvalue weighted by atomic mass is 9.98. The Kier molecular flexibility index (Phi) is 6.31. The summed E-state index contributed by atoms with van der Waals surface area (Å²) < 4.78 is 16.7. The average Bonchev–Trinajstić information content (AvgIpc) is 3.59. The van der Waals surface area contributed by atoms with Crippen molar-refractivity contribution in [1.29, 1.82) is 0 Å². The SMILES string of the molecule is CCOC(=O)c1ccc(-c2c(-c3ccsc3)oc3cc(OC(=O)c4ccsc4)ccc3c2=O)cc1. The molecule has 2 aromatic carbocycles. The Labute approximate surface area is 208 Å². The number of hydrogen-bond acceptors (Lipinski definition) is 8. The molecule has 35 heavy (non-hydrogen) atoms. The summed E-state index contributed by atoms with van der Waals surface area (Å²) >= 11 is 2.88. The highest BCUT2D eigenvalue weighted by Crippen LogP contribution is 2.35. The predicted octanol–water partition coefficient (Wildman–Crippen LogP) is 6.65. The fraction of sp³-hybridized carbons (Fsp3) is 0.0741. The topological polar surface area (TPSA) is 82.8 Å². The maximum absolute atomic E-state index is 13.6. The van der Waals surface area contributed by atoms with Gasteiger partial charge in [0.15, 0.2) is 0 Å². The number of hydrogen-bond donors (Lipinski definition) is 0. The summed E-state index contributed by atoms with van der Waals surface area (Å²) in [5.41, 5.74) is 2.68. The van der Waals surface area contributed by atoms with E-state index in [1.165, 1.54) is 22.7 Å². The van der Waals surface area contributed by atoms with Gasteiger partial charge >= 0.3 is 11.9 Å². The van der Waals surface area contributed by atoms with Gasteiger partial charge in [0.05, 0.1) is 28.7 Å². The molecule has 0 bridgehead atoms. The molecule has 0 aliphatic heterocycles. The summed E-state index contributed by atoms with van der Waals surface area (Å²) in [7, 11) is 0. The molecule has 6 nitrogen and oxygen atoms in total. The van der Waals surface area contributed by atoms with Crippen molar-refractivity contribution in [3.63, 3.8) is 0 Å². The molecule has 0 atom stereocenters. The van der Waals surface area contributed by atoms with E-state index >= 15 is 0 Å². The lowest BCUT2D eigenvalue weighted by Crippen LogP contribution is -2.09. The van der Waals surface area contributed by atoms with Gasteiger partial charge in [-0.05, 0) is 59.6 Å². The van der Waals surface area contributed by atoms with Crippen LogP contribution in [0.2, 0.25) is 0 Å². The van der Waals surface area contributed by atoms with Gasteiger partial charge in [-0.1, -0.05) is 12.1 Å². The predicted molar refractivity (Wildman–Crippen MR) is 136 cm³/mol. The fourth-order valence-electron chi connectivity index (χ4n) is 3.63. The first kappa shape index (κ1) is 22.8. The Morgan fingerprint density at radius 2 is 1.63 bits per heavy atom. The molecule has 0 fully saturated rings. The highest BCUT2D eigenvalue weighted by molar-refractivity contribution is 7.08. The summed E-state index contributed by atoms with van der Waals surface area (Å²) in [5.74, 6) is -0.231. The summed E-state index contributed by atoms with van der Waals surface area (Å²) in [4.78, 5) is 38.0. The summed E-state index contributed by atoms with van der Waals surface area (Å²) in [6.07, 6.45) is 0. The van der Waals surface area contributed by atoms with Crippen LogP contribution in [0, 0.1) is 0 Å². The third-order valence-corrected chi connectivity index (χ3v) is 6.67. The molecule has 0 N–H and O–H groups in total. The monoisotopic (exact) mass is 502 g/mol. The van der Waals surface area contributed by atoms with Crippen LogP contribution in [0.15, 0.2) is 85.3 Å². The molecule has 0 unspecified atom stereocenters. The van der Waals surface area contributed by atoms with Crippen LogP contribution < -0.4 is 10.2 Å². The van der Waals surface area contributed by atoms with Gasteiger partial charge in [-0.2, -0.15) is 22.7 Å². The molecule has 3 aromatic heterocycles. The van der Waals surface area contributed by atoms with Gasteiger partial charge in [0.2, 0.25) is 5.43 Å². The minimum Gasteiger partial charge on any atom is -0.462 e. The number of rotatable bonds is 6. The van der Waals surface area contributed by atoms with Crippen molar-refractivity contribution in [2.24, 2.45) is 0 Å². The maximum Gasteiger partial charge on any atom is 0.344 e. The van der Waals surface area contributed by atoms with E-state index < -0.39 is 11.9 Å². The Bertz CT molecular complexity index is 1560. The van der Waals surface area contributed by atoms with Crippen LogP contribution in [0.3, 0.4) is 0 Å². The molecule has 8 heteroatoms. The number of fused-ring (bicyclic) bond motifs is 1. The Morgan fingerprint density at radius 1 is 0.857 bits per heavy atom. The van der Waals surface area contributed by atoms with Crippen molar-refractivity contribution >= 4 is 45.6 Å². The second kappa shape index (κ2) is 9.69. The van der Waals surface area contributed by atoms with Crippen molar-refractivity contribution in [2.75, 3.05) is 6.61 Å². The van der Waals surface area contributed by atoms with E-state index in [9.17, 15) is 14.4 Å². The number of carbonyl (C=O) groups excluding carboxylic acids is 2. The Morgan fingerprint density at radius 3 is 2.31 bits per heavy atom. The number of thiophene rings is 2. The van der Waals surface area contributed by atoms with E-state index in [-0.39, 0.29) is 17.8 Å². The molecule has 0 aliphatic carbocycles. The standard InChI is InChI=1S/C27H18O6S2/c1-2-31-26(29)17-5-3-16(4-6-17)23-24(28)21-8-7-20(32-27(30)19-10-12-35-15-19)13-22(21)33-25(23)18-9-11-34-14-18/h3-15H,2H2,1H3. The molecule has 5 aromatic rings. The van der Waals surface area contributed by atoms with Crippen molar-refractivity contribution < 1.29 is 23.5 Å². The van der Waals surface area contributed by atoms with Gasteiger partial charge in [-0.25, -0.2) is 9.59 Å². The van der Waals surface area contributed by atoms with Gasteiger partial charge in [-0.3, -0.25) is 4.79 Å². The summed E-state index contributed by atoms with van der Waals surface area (Å²) in [5, 5.41) is 7.64. The molecular weight excluding hydrogens is 484 g/mol. The first-order valence-electron chi connectivity index (χ1n) is 10.7. The zero-order valence-electron chi connectivity index (χ0n) is 18.5. The number of carbonyl (C=O) groups is 2. The zero-order valence-corrected chi connectivity index (χ0v) is 20.1. The van der Waals surface area contributed by atoms with Gasteiger partial charge in [0.25, 0.3) is 0 Å². The molecular formula is C27H18O6S2. The second-order valence-corrected chi connectivity index (χ2v) is 9.06. The van der Waals surface area contributed by atoms with Crippen LogP contribution in [-0.4, -0.2) is 18.5 Å². The van der Waals surface area contributed by atoms with Gasteiger partial charge < -0.3 is 13.9 Å². The van der Waals surface area contributed by atoms with Gasteiger partial charge in [0, 0.05) is 22.4 Å². The van der Waals surface area contributed by atoms with E-state index in [1.807, 2.05) is 16.8 Å². The van der Waals surface area contributed by atoms with Crippen LogP contribution >= 0.6 is 22.7 Å². The average molecular weight is 503 g/mol. The van der Waals surface area contributed by atoms with E-state index in [2.05, 4.69) is 0 Å². The fourth-order valence-corrected chi connectivity index (χ4v) is 4.89. The van der Waals surface area contributed by atoms with Crippen molar-refractivity contribution in [2.45, 2.75) is 6.92 Å². The van der Waals surface area contributed by atoms with Crippen LogP contribution in [0.4, 0.5) is 0 Å². The van der Waals surface area contributed by atoms with Crippen LogP contribution in [0.25, 0.3) is 33.4 Å². The molecule has 0 radical (unpaired) electrons. The second-order valence-electron chi connectivity index (χ2n) is 7.50. The van der Waals surface area contributed by atoms with Crippen LogP contribution in [0.1, 0.15) is 27.6 Å². The number of benzene rings is 2. The highest BCUT2D eigenvalue weighted by atomic mass is 32.1. The third kappa shape index (κ3) is 4.53. The van der Waals surface area contributed by atoms with Gasteiger partial charge in [0.1, 0.15) is 17.1 Å². The molecule has 174 valence electrons. The van der Waals surface area contributed by atoms with E-state index in [1.54, 1.807) is 66.2 Å². The lowest BCUT2D eigenvalue weighted by molar-refractivity contribution is 0.0526. The largest absolute Gasteiger partial charge is 0.462 e. The molecule has 0 aliphatic rings. The first-order valence-corrected chi connectivity index (χ1v) is 12.6. The number of esters is 2. The smallest absolute Gasteiger partial charge is 0.344 e. The summed E-state index contributed by atoms with van der Waals surface area (Å²) in [6.45, 7) is 2.02. The zero-order chi connectivity index (χ0) is 24.4. The van der Waals surface area contributed by atoms with E-state index in [4.69, 9.17) is 13.9 Å². The van der Waals surface area contributed by atoms with Gasteiger partial charge in [-0.15, -0.1) is 0 Å². The number of ether oxygens (including phenoxy) is 2. The van der Waals surface area contributed by atoms with E-state index in [0.29, 0.717) is 39.0 Å². The normalized spacial score (nSPS) is 10.9. The molecule has 0 saturated heterocycles. The van der Waals surface area contributed by atoms with Crippen molar-refractivity contribution in [1.82, 2.24) is 0 Å². The minimum absolute atomic E-state index is 0.230. The molecule has 0 amide bonds. The van der Waals surface area contributed by atoms with Crippen LogP contribution in [-0.2, 0) is 4.74 Å². The molecule has 0 spiro atoms. The third-order valence-electron chi connectivity index (χ3n) is 5.30.